The van der Waals surface area contributed by atoms with Gasteiger partial charge in [-0.05, 0) is 31.4 Å². The van der Waals surface area contributed by atoms with Crippen LogP contribution in [0.5, 0.6) is 0 Å². The van der Waals surface area contributed by atoms with E-state index in [1.54, 1.807) is 0 Å². The van der Waals surface area contributed by atoms with E-state index in [2.05, 4.69) is 30.3 Å². The molecule has 0 spiro atoms. The molecule has 2 nitrogen and oxygen atoms in total. The lowest BCUT2D eigenvalue weighted by atomic mass is 9.89. The number of imidazole rings is 1. The molecule has 104 valence electrons. The number of alkyl halides is 1. The van der Waals surface area contributed by atoms with Gasteiger partial charge in [-0.25, -0.2) is 9.37 Å². The molecule has 1 aromatic carbocycles. The average molecular weight is 283 g/mol. The van der Waals surface area contributed by atoms with Crippen molar-refractivity contribution in [1.82, 2.24) is 9.55 Å². The summed E-state index contributed by atoms with van der Waals surface area (Å²) in [6.07, 6.45) is 3.02. The van der Waals surface area contributed by atoms with Gasteiger partial charge in [-0.2, -0.15) is 0 Å². The van der Waals surface area contributed by atoms with Crippen molar-refractivity contribution in [1.29, 1.82) is 0 Å². The van der Waals surface area contributed by atoms with Gasteiger partial charge in [0.15, 0.2) is 0 Å². The maximum atomic E-state index is 13.3. The zero-order valence-electron chi connectivity index (χ0n) is 11.7. The third kappa shape index (κ3) is 2.25. The number of benzene rings is 1. The van der Waals surface area contributed by atoms with E-state index in [0.717, 1.165) is 30.6 Å². The number of rotatable bonds is 5. The summed E-state index contributed by atoms with van der Waals surface area (Å²) in [5, 5.41) is 0. The van der Waals surface area contributed by atoms with Crippen LogP contribution in [0.1, 0.15) is 45.9 Å². The van der Waals surface area contributed by atoms with Gasteiger partial charge >= 0.3 is 0 Å². The van der Waals surface area contributed by atoms with Gasteiger partial charge < -0.3 is 4.57 Å². The fourth-order valence-corrected chi connectivity index (χ4v) is 3.13. The van der Waals surface area contributed by atoms with Gasteiger partial charge in [0.05, 0.1) is 16.9 Å². The van der Waals surface area contributed by atoms with Gasteiger partial charge in [0.2, 0.25) is 0 Å². The molecule has 0 atom stereocenters. The quantitative estimate of drug-likeness (QED) is 0.718. The monoisotopic (exact) mass is 282 g/mol. The van der Waals surface area contributed by atoms with Gasteiger partial charge in [-0.1, -0.05) is 20.8 Å². The highest BCUT2D eigenvalue weighted by Gasteiger charge is 2.30. The van der Waals surface area contributed by atoms with E-state index >= 15 is 0 Å². The Labute approximate surface area is 118 Å². The van der Waals surface area contributed by atoms with Crippen molar-refractivity contribution in [3.8, 4) is 0 Å². The Morgan fingerprint density at radius 2 is 1.84 bits per heavy atom. The zero-order valence-corrected chi connectivity index (χ0v) is 12.5. The first kappa shape index (κ1) is 14.3. The highest BCUT2D eigenvalue weighted by atomic mass is 35.5. The molecule has 0 saturated carbocycles. The Bertz CT molecular complexity index is 565. The molecule has 0 amide bonds. The molecule has 0 bridgehead atoms. The standard InChI is InChI=1S/C15H20ClFN2/c1-4-15(5-2,6-3)19-13-8-7-11(17)9-12(13)18-14(19)10-16/h7-9H,4-6,10H2,1-3H3. The van der Waals surface area contributed by atoms with Gasteiger partial charge in [0.1, 0.15) is 11.6 Å². The first-order valence-corrected chi connectivity index (χ1v) is 7.38. The normalized spacial score (nSPS) is 12.3. The number of fused-ring (bicyclic) bond motifs is 1. The lowest BCUT2D eigenvalue weighted by molar-refractivity contribution is 0.252. The minimum absolute atomic E-state index is 0.0107. The summed E-state index contributed by atoms with van der Waals surface area (Å²) >= 11 is 6.04. The van der Waals surface area contributed by atoms with Crippen molar-refractivity contribution in [2.45, 2.75) is 51.5 Å². The first-order valence-electron chi connectivity index (χ1n) is 6.85. The van der Waals surface area contributed by atoms with Crippen molar-refractivity contribution in [2.24, 2.45) is 0 Å². The Hall–Kier alpha value is -1.09. The molecule has 0 aliphatic heterocycles. The van der Waals surface area contributed by atoms with Crippen molar-refractivity contribution >= 4 is 22.6 Å². The number of halogens is 2. The minimum atomic E-state index is -0.256. The second kappa shape index (κ2) is 5.49. The fraction of sp³-hybridized carbons (Fsp3) is 0.533. The Balaban J connectivity index is 2.76. The van der Waals surface area contributed by atoms with Crippen LogP contribution in [0.2, 0.25) is 0 Å². The molecular formula is C15H20ClFN2. The molecule has 0 saturated heterocycles. The fourth-order valence-electron chi connectivity index (χ4n) is 2.95. The predicted molar refractivity (Wildman–Crippen MR) is 78.1 cm³/mol. The van der Waals surface area contributed by atoms with Gasteiger partial charge in [-0.3, -0.25) is 0 Å². The van der Waals surface area contributed by atoms with Gasteiger partial charge in [-0.15, -0.1) is 11.6 Å². The van der Waals surface area contributed by atoms with E-state index in [1.165, 1.54) is 12.1 Å². The summed E-state index contributed by atoms with van der Waals surface area (Å²) in [5.74, 6) is 0.916. The summed E-state index contributed by atoms with van der Waals surface area (Å²) in [6.45, 7) is 6.54. The SMILES string of the molecule is CCC(CC)(CC)n1c(CCl)nc2cc(F)ccc21. The number of hydrogen-bond donors (Lipinski definition) is 0. The smallest absolute Gasteiger partial charge is 0.125 e. The van der Waals surface area contributed by atoms with Crippen molar-refractivity contribution < 1.29 is 4.39 Å². The number of aromatic nitrogens is 2. The van der Waals surface area contributed by atoms with E-state index in [0.29, 0.717) is 11.4 Å². The topological polar surface area (TPSA) is 17.8 Å². The highest BCUT2D eigenvalue weighted by molar-refractivity contribution is 6.16. The molecule has 19 heavy (non-hydrogen) atoms. The van der Waals surface area contributed by atoms with Gasteiger partial charge in [0.25, 0.3) is 0 Å². The van der Waals surface area contributed by atoms with E-state index < -0.39 is 0 Å². The van der Waals surface area contributed by atoms with Crippen LogP contribution in [0.25, 0.3) is 11.0 Å². The van der Waals surface area contributed by atoms with Crippen LogP contribution in [0.3, 0.4) is 0 Å². The minimum Gasteiger partial charge on any atom is -0.321 e. The van der Waals surface area contributed by atoms with Crippen molar-refractivity contribution in [3.05, 3.63) is 29.8 Å². The summed E-state index contributed by atoms with van der Waals surface area (Å²) in [6, 6.07) is 4.78. The summed E-state index contributed by atoms with van der Waals surface area (Å²) in [7, 11) is 0. The van der Waals surface area contributed by atoms with Crippen LogP contribution in [0.15, 0.2) is 18.2 Å². The Kier molecular flexibility index (Phi) is 4.14. The van der Waals surface area contributed by atoms with Crippen molar-refractivity contribution in [3.63, 3.8) is 0 Å². The van der Waals surface area contributed by atoms with E-state index in [4.69, 9.17) is 11.6 Å². The lowest BCUT2D eigenvalue weighted by Crippen LogP contribution is -2.32. The van der Waals surface area contributed by atoms with Crippen LogP contribution >= 0.6 is 11.6 Å². The molecule has 0 unspecified atom stereocenters. The predicted octanol–water partition coefficient (Wildman–Crippen LogP) is 4.84. The molecule has 2 rings (SSSR count). The third-order valence-corrected chi connectivity index (χ3v) is 4.49. The molecule has 0 N–H and O–H groups in total. The molecule has 1 heterocycles. The molecule has 1 aromatic heterocycles. The number of hydrogen-bond acceptors (Lipinski definition) is 1. The van der Waals surface area contributed by atoms with Crippen LogP contribution in [0, 0.1) is 5.82 Å². The lowest BCUT2D eigenvalue weighted by Gasteiger charge is -2.34. The van der Waals surface area contributed by atoms with E-state index in [1.807, 2.05) is 6.07 Å². The zero-order chi connectivity index (χ0) is 14.0. The second-order valence-electron chi connectivity index (χ2n) is 4.92. The molecule has 0 radical (unpaired) electrons. The number of nitrogens with zero attached hydrogens (tertiary/aromatic N) is 2. The second-order valence-corrected chi connectivity index (χ2v) is 5.18. The average Bonchev–Trinajstić information content (AvgIpc) is 2.80. The van der Waals surface area contributed by atoms with Crippen LogP contribution in [-0.2, 0) is 11.4 Å². The molecule has 0 aliphatic carbocycles. The van der Waals surface area contributed by atoms with Gasteiger partial charge in [0, 0.05) is 11.6 Å². The first-order chi connectivity index (χ1) is 9.11. The highest BCUT2D eigenvalue weighted by Crippen LogP contribution is 2.35. The Morgan fingerprint density at radius 1 is 1.21 bits per heavy atom. The maximum Gasteiger partial charge on any atom is 0.125 e. The van der Waals surface area contributed by atoms with E-state index in [-0.39, 0.29) is 11.4 Å². The third-order valence-electron chi connectivity index (χ3n) is 4.25. The molecule has 4 heteroatoms. The summed E-state index contributed by atoms with van der Waals surface area (Å²) in [5.41, 5.74) is 1.68. The summed E-state index contributed by atoms with van der Waals surface area (Å²) < 4.78 is 15.6. The maximum absolute atomic E-state index is 13.3. The van der Waals surface area contributed by atoms with Crippen LogP contribution in [0.4, 0.5) is 4.39 Å². The van der Waals surface area contributed by atoms with Crippen molar-refractivity contribution in [2.75, 3.05) is 0 Å². The molecular weight excluding hydrogens is 263 g/mol. The summed E-state index contributed by atoms with van der Waals surface area (Å²) in [4.78, 5) is 4.49. The molecule has 2 aromatic rings. The molecule has 0 fully saturated rings. The van der Waals surface area contributed by atoms with E-state index in [9.17, 15) is 4.39 Å². The Morgan fingerprint density at radius 3 is 2.37 bits per heavy atom. The largest absolute Gasteiger partial charge is 0.321 e. The van der Waals surface area contributed by atoms with Crippen LogP contribution in [-0.4, -0.2) is 9.55 Å². The van der Waals surface area contributed by atoms with Crippen LogP contribution < -0.4 is 0 Å². The molecule has 0 aliphatic rings.